The molecule has 1 N–H and O–H groups in total. The van der Waals surface area contributed by atoms with Crippen LogP contribution in [0.2, 0.25) is 0 Å². The fourth-order valence-electron chi connectivity index (χ4n) is 3.45. The van der Waals surface area contributed by atoms with Crippen molar-refractivity contribution in [3.8, 4) is 0 Å². The SMILES string of the molecule is CC(c1ccccc1)N1CCN(C(=O)c2ccnc3nc[nH]c23)CC1. The molecule has 128 valence electrons. The molecule has 1 unspecified atom stereocenters. The maximum absolute atomic E-state index is 12.9. The van der Waals surface area contributed by atoms with E-state index in [1.165, 1.54) is 5.56 Å². The van der Waals surface area contributed by atoms with Crippen LogP contribution in [0.3, 0.4) is 0 Å². The summed E-state index contributed by atoms with van der Waals surface area (Å²) in [6.45, 7) is 5.43. The Hall–Kier alpha value is -2.73. The lowest BCUT2D eigenvalue weighted by Gasteiger charge is -2.38. The molecule has 25 heavy (non-hydrogen) atoms. The van der Waals surface area contributed by atoms with E-state index in [1.54, 1.807) is 18.6 Å². The fourth-order valence-corrected chi connectivity index (χ4v) is 3.45. The topological polar surface area (TPSA) is 65.1 Å². The summed E-state index contributed by atoms with van der Waals surface area (Å²) >= 11 is 0. The third-order valence-electron chi connectivity index (χ3n) is 4.99. The van der Waals surface area contributed by atoms with Crippen molar-refractivity contribution >= 4 is 17.1 Å². The summed E-state index contributed by atoms with van der Waals surface area (Å²) in [6, 6.07) is 12.6. The van der Waals surface area contributed by atoms with Gasteiger partial charge in [0.25, 0.3) is 5.91 Å². The van der Waals surface area contributed by atoms with Crippen LogP contribution >= 0.6 is 0 Å². The first-order chi connectivity index (χ1) is 12.2. The second-order valence-electron chi connectivity index (χ2n) is 6.37. The number of nitrogens with zero attached hydrogens (tertiary/aromatic N) is 4. The van der Waals surface area contributed by atoms with Gasteiger partial charge >= 0.3 is 0 Å². The Morgan fingerprint density at radius 2 is 1.84 bits per heavy atom. The van der Waals surface area contributed by atoms with E-state index in [-0.39, 0.29) is 5.91 Å². The lowest BCUT2D eigenvalue weighted by Crippen LogP contribution is -2.49. The second kappa shape index (κ2) is 6.64. The third-order valence-corrected chi connectivity index (χ3v) is 4.99. The molecule has 0 radical (unpaired) electrons. The Labute approximate surface area is 146 Å². The van der Waals surface area contributed by atoms with Gasteiger partial charge in [-0.15, -0.1) is 0 Å². The number of fused-ring (bicyclic) bond motifs is 1. The molecule has 0 bridgehead atoms. The molecule has 6 heteroatoms. The fraction of sp³-hybridized carbons (Fsp3) is 0.316. The van der Waals surface area contributed by atoms with Crippen molar-refractivity contribution in [1.82, 2.24) is 24.8 Å². The van der Waals surface area contributed by atoms with Crippen LogP contribution in [0.4, 0.5) is 0 Å². The van der Waals surface area contributed by atoms with Gasteiger partial charge in [-0.3, -0.25) is 9.69 Å². The Morgan fingerprint density at radius 1 is 1.08 bits per heavy atom. The molecule has 6 nitrogen and oxygen atoms in total. The predicted molar refractivity (Wildman–Crippen MR) is 96.2 cm³/mol. The zero-order valence-corrected chi connectivity index (χ0v) is 14.2. The first-order valence-corrected chi connectivity index (χ1v) is 8.60. The number of imidazole rings is 1. The zero-order valence-electron chi connectivity index (χ0n) is 14.2. The number of amides is 1. The smallest absolute Gasteiger partial charge is 0.256 e. The van der Waals surface area contributed by atoms with Crippen molar-refractivity contribution in [1.29, 1.82) is 0 Å². The predicted octanol–water partition coefficient (Wildman–Crippen LogP) is 2.48. The second-order valence-corrected chi connectivity index (χ2v) is 6.37. The van der Waals surface area contributed by atoms with E-state index in [2.05, 4.69) is 51.0 Å². The largest absolute Gasteiger partial charge is 0.343 e. The van der Waals surface area contributed by atoms with Gasteiger partial charge in [0, 0.05) is 38.4 Å². The number of carbonyl (C=O) groups excluding carboxylic acids is 1. The first-order valence-electron chi connectivity index (χ1n) is 8.60. The molecule has 0 spiro atoms. The van der Waals surface area contributed by atoms with Gasteiger partial charge in [-0.2, -0.15) is 0 Å². The van der Waals surface area contributed by atoms with Crippen LogP contribution in [-0.4, -0.2) is 56.8 Å². The van der Waals surface area contributed by atoms with Crippen LogP contribution in [0.5, 0.6) is 0 Å². The molecule has 1 aromatic carbocycles. The molecule has 4 rings (SSSR count). The number of benzene rings is 1. The molecule has 1 aliphatic rings. The lowest BCUT2D eigenvalue weighted by atomic mass is 10.1. The Balaban J connectivity index is 1.45. The summed E-state index contributed by atoms with van der Waals surface area (Å²) in [4.78, 5) is 28.6. The van der Waals surface area contributed by atoms with E-state index in [4.69, 9.17) is 0 Å². The minimum Gasteiger partial charge on any atom is -0.343 e. The summed E-state index contributed by atoms with van der Waals surface area (Å²) in [5.74, 6) is 0.0451. The molecule has 1 fully saturated rings. The maximum Gasteiger partial charge on any atom is 0.256 e. The number of aromatic nitrogens is 3. The van der Waals surface area contributed by atoms with Gasteiger partial charge in [0.05, 0.1) is 17.4 Å². The van der Waals surface area contributed by atoms with Crippen LogP contribution in [0.15, 0.2) is 48.9 Å². The quantitative estimate of drug-likeness (QED) is 0.799. The summed E-state index contributed by atoms with van der Waals surface area (Å²) in [5, 5.41) is 0. The molecular formula is C19H21N5O. The molecule has 1 atom stereocenters. The Morgan fingerprint density at radius 3 is 2.60 bits per heavy atom. The highest BCUT2D eigenvalue weighted by Crippen LogP contribution is 2.22. The summed E-state index contributed by atoms with van der Waals surface area (Å²) in [5.41, 5.74) is 3.26. The van der Waals surface area contributed by atoms with Gasteiger partial charge in [0.15, 0.2) is 5.65 Å². The van der Waals surface area contributed by atoms with E-state index >= 15 is 0 Å². The van der Waals surface area contributed by atoms with Crippen molar-refractivity contribution < 1.29 is 4.79 Å². The Kier molecular flexibility index (Phi) is 4.19. The number of pyridine rings is 1. The molecule has 3 aromatic rings. The maximum atomic E-state index is 12.9. The van der Waals surface area contributed by atoms with Crippen molar-refractivity contribution in [2.45, 2.75) is 13.0 Å². The van der Waals surface area contributed by atoms with Crippen molar-refractivity contribution in [2.24, 2.45) is 0 Å². The molecule has 1 amide bonds. The van der Waals surface area contributed by atoms with E-state index in [1.807, 2.05) is 11.0 Å². The monoisotopic (exact) mass is 335 g/mol. The minimum atomic E-state index is 0.0451. The standard InChI is InChI=1S/C19H21N5O/c1-14(15-5-3-2-4-6-15)23-9-11-24(12-10-23)19(25)16-7-8-20-18-17(16)21-13-22-18/h2-8,13-14H,9-12H2,1H3,(H,20,21,22). The van der Waals surface area contributed by atoms with Crippen LogP contribution < -0.4 is 0 Å². The van der Waals surface area contributed by atoms with Gasteiger partial charge in [0.2, 0.25) is 0 Å². The molecule has 0 aliphatic carbocycles. The minimum absolute atomic E-state index is 0.0451. The van der Waals surface area contributed by atoms with Gasteiger partial charge < -0.3 is 9.88 Å². The summed E-state index contributed by atoms with van der Waals surface area (Å²) in [6.07, 6.45) is 3.22. The Bertz CT molecular complexity index is 868. The zero-order chi connectivity index (χ0) is 17.2. The number of rotatable bonds is 3. The van der Waals surface area contributed by atoms with E-state index in [0.717, 1.165) is 26.2 Å². The van der Waals surface area contributed by atoms with Gasteiger partial charge in [-0.05, 0) is 18.6 Å². The van der Waals surface area contributed by atoms with Crippen molar-refractivity contribution in [3.05, 3.63) is 60.0 Å². The van der Waals surface area contributed by atoms with Gasteiger partial charge in [0.1, 0.15) is 0 Å². The average molecular weight is 335 g/mol. The van der Waals surface area contributed by atoms with Crippen LogP contribution in [-0.2, 0) is 0 Å². The summed E-state index contributed by atoms with van der Waals surface area (Å²) < 4.78 is 0. The van der Waals surface area contributed by atoms with E-state index in [9.17, 15) is 4.79 Å². The normalized spacial score (nSPS) is 16.9. The number of nitrogens with one attached hydrogen (secondary N) is 1. The highest BCUT2D eigenvalue weighted by Gasteiger charge is 2.26. The van der Waals surface area contributed by atoms with Crippen molar-refractivity contribution in [3.63, 3.8) is 0 Å². The third kappa shape index (κ3) is 3.00. The number of hydrogen-bond donors (Lipinski definition) is 1. The van der Waals surface area contributed by atoms with Gasteiger partial charge in [-0.25, -0.2) is 9.97 Å². The molecule has 3 heterocycles. The average Bonchev–Trinajstić information content (AvgIpc) is 3.16. The number of H-pyrrole nitrogens is 1. The first kappa shape index (κ1) is 15.8. The molecule has 2 aromatic heterocycles. The van der Waals surface area contributed by atoms with Crippen LogP contribution in [0.1, 0.15) is 28.9 Å². The van der Waals surface area contributed by atoms with Crippen molar-refractivity contribution in [2.75, 3.05) is 26.2 Å². The van der Waals surface area contributed by atoms with E-state index in [0.29, 0.717) is 22.8 Å². The highest BCUT2D eigenvalue weighted by molar-refractivity contribution is 6.03. The van der Waals surface area contributed by atoms with E-state index < -0.39 is 0 Å². The molecule has 1 saturated heterocycles. The highest BCUT2D eigenvalue weighted by atomic mass is 16.2. The number of carbonyl (C=O) groups is 1. The lowest BCUT2D eigenvalue weighted by molar-refractivity contribution is 0.0583. The van der Waals surface area contributed by atoms with Crippen LogP contribution in [0, 0.1) is 0 Å². The molecule has 0 saturated carbocycles. The summed E-state index contributed by atoms with van der Waals surface area (Å²) in [7, 11) is 0. The molecule has 1 aliphatic heterocycles. The number of aromatic amines is 1. The van der Waals surface area contributed by atoms with Gasteiger partial charge in [-0.1, -0.05) is 30.3 Å². The van der Waals surface area contributed by atoms with Crippen LogP contribution in [0.25, 0.3) is 11.2 Å². The number of hydrogen-bond acceptors (Lipinski definition) is 4. The molecular weight excluding hydrogens is 314 g/mol. The number of piperazine rings is 1.